The van der Waals surface area contributed by atoms with Gasteiger partial charge >= 0.3 is 0 Å². The van der Waals surface area contributed by atoms with Crippen LogP contribution in [0.1, 0.15) is 26.3 Å². The first kappa shape index (κ1) is 27.2. The molecule has 1 aromatic heterocycles. The van der Waals surface area contributed by atoms with Crippen molar-refractivity contribution >= 4 is 38.8 Å². The molecule has 13 heteroatoms. The predicted octanol–water partition coefficient (Wildman–Crippen LogP) is 2.76. The van der Waals surface area contributed by atoms with Crippen LogP contribution in [0.4, 0.5) is 17.2 Å². The number of hydrogen-bond donors (Lipinski definition) is 3. The lowest BCUT2D eigenvalue weighted by Gasteiger charge is -2.15. The van der Waals surface area contributed by atoms with Crippen molar-refractivity contribution in [3.05, 3.63) is 53.2 Å². The maximum absolute atomic E-state index is 13.0. The number of sulfone groups is 1. The summed E-state index contributed by atoms with van der Waals surface area (Å²) in [6.07, 6.45) is 2.11. The third-order valence-electron chi connectivity index (χ3n) is 5.25. The summed E-state index contributed by atoms with van der Waals surface area (Å²) in [5.41, 5.74) is 1.86. The molecule has 0 saturated heterocycles. The lowest BCUT2D eigenvalue weighted by molar-refractivity contribution is 0.101. The number of ether oxygens (including phenoxy) is 3. The van der Waals surface area contributed by atoms with E-state index < -0.39 is 26.8 Å². The Kier molecular flexibility index (Phi) is 8.17. The molecule has 0 unspecified atom stereocenters. The zero-order valence-electron chi connectivity index (χ0n) is 21.1. The van der Waals surface area contributed by atoms with Gasteiger partial charge in [-0.1, -0.05) is 6.07 Å². The molecule has 0 saturated carbocycles. The van der Waals surface area contributed by atoms with E-state index in [0.717, 1.165) is 18.0 Å². The molecule has 3 N–H and O–H groups in total. The Morgan fingerprint density at radius 1 is 0.919 bits per heavy atom. The van der Waals surface area contributed by atoms with Gasteiger partial charge in [0.05, 0.1) is 21.3 Å². The van der Waals surface area contributed by atoms with E-state index in [9.17, 15) is 18.0 Å². The number of hydrogen-bond acceptors (Lipinski definition) is 10. The van der Waals surface area contributed by atoms with E-state index in [2.05, 4.69) is 25.9 Å². The van der Waals surface area contributed by atoms with E-state index in [0.29, 0.717) is 28.6 Å². The van der Waals surface area contributed by atoms with Crippen molar-refractivity contribution in [2.45, 2.75) is 12.1 Å². The van der Waals surface area contributed by atoms with Crippen molar-refractivity contribution in [1.82, 2.24) is 9.97 Å². The molecule has 0 fully saturated rings. The fraction of sp³-hybridized carbons (Fsp3) is 0.250. The zero-order valence-corrected chi connectivity index (χ0v) is 21.9. The van der Waals surface area contributed by atoms with Crippen LogP contribution in [0.15, 0.2) is 41.7 Å². The predicted molar refractivity (Wildman–Crippen MR) is 138 cm³/mol. The number of anilines is 3. The van der Waals surface area contributed by atoms with Crippen LogP contribution in [0.3, 0.4) is 0 Å². The van der Waals surface area contributed by atoms with Gasteiger partial charge in [0, 0.05) is 36.4 Å². The van der Waals surface area contributed by atoms with E-state index in [1.807, 2.05) is 0 Å². The number of rotatable bonds is 9. The SMILES string of the molecule is CNc1nc(S(C)(=O)=O)ncc1C(=O)Nc1cc(NC(=O)c2cc(OC)c(OC)c(OC)c2)ccc1C. The van der Waals surface area contributed by atoms with Crippen molar-refractivity contribution in [2.75, 3.05) is 50.6 Å². The van der Waals surface area contributed by atoms with Crippen molar-refractivity contribution in [3.8, 4) is 17.2 Å². The number of aryl methyl sites for hydroxylation is 1. The second-order valence-corrected chi connectivity index (χ2v) is 9.70. The molecule has 1 heterocycles. The molecule has 12 nitrogen and oxygen atoms in total. The monoisotopic (exact) mass is 529 g/mol. The Bertz CT molecular complexity index is 1430. The van der Waals surface area contributed by atoms with Crippen LogP contribution >= 0.6 is 0 Å². The smallest absolute Gasteiger partial charge is 0.261 e. The second-order valence-electron chi connectivity index (χ2n) is 7.79. The third-order valence-corrected chi connectivity index (χ3v) is 6.11. The molecule has 2 aromatic carbocycles. The molecule has 37 heavy (non-hydrogen) atoms. The van der Waals surface area contributed by atoms with E-state index in [4.69, 9.17) is 14.2 Å². The van der Waals surface area contributed by atoms with Crippen LogP contribution in [0.2, 0.25) is 0 Å². The van der Waals surface area contributed by atoms with Gasteiger partial charge in [-0.3, -0.25) is 9.59 Å². The number of aromatic nitrogens is 2. The molecule has 2 amide bonds. The highest BCUT2D eigenvalue weighted by molar-refractivity contribution is 7.90. The molecule has 0 atom stereocenters. The summed E-state index contributed by atoms with van der Waals surface area (Å²) in [6, 6.07) is 8.04. The molecule has 0 spiro atoms. The minimum atomic E-state index is -3.65. The van der Waals surface area contributed by atoms with Crippen LogP contribution in [0, 0.1) is 6.92 Å². The second kappa shape index (κ2) is 11.1. The average Bonchev–Trinajstić information content (AvgIpc) is 2.88. The summed E-state index contributed by atoms with van der Waals surface area (Å²) in [4.78, 5) is 33.6. The Labute approximate surface area is 214 Å². The van der Waals surface area contributed by atoms with Crippen LogP contribution in [0.5, 0.6) is 17.2 Å². The highest BCUT2D eigenvalue weighted by Crippen LogP contribution is 2.38. The van der Waals surface area contributed by atoms with Crippen molar-refractivity contribution < 1.29 is 32.2 Å². The number of amides is 2. The summed E-state index contributed by atoms with van der Waals surface area (Å²) in [5, 5.41) is 7.84. The van der Waals surface area contributed by atoms with E-state index in [1.54, 1.807) is 25.1 Å². The van der Waals surface area contributed by atoms with Gasteiger partial charge in [0.15, 0.2) is 11.5 Å². The molecule has 0 radical (unpaired) electrons. The quantitative estimate of drug-likeness (QED) is 0.352. The molecular weight excluding hydrogens is 502 g/mol. The summed E-state index contributed by atoms with van der Waals surface area (Å²) in [5.74, 6) is 0.0543. The van der Waals surface area contributed by atoms with Gasteiger partial charge in [-0.05, 0) is 36.8 Å². The molecular formula is C24H27N5O7S. The van der Waals surface area contributed by atoms with Gasteiger partial charge in [-0.15, -0.1) is 0 Å². The van der Waals surface area contributed by atoms with Crippen LogP contribution < -0.4 is 30.2 Å². The Balaban J connectivity index is 1.86. The molecule has 0 bridgehead atoms. The Morgan fingerprint density at radius 2 is 1.57 bits per heavy atom. The topological polar surface area (TPSA) is 158 Å². The maximum atomic E-state index is 13.0. The van der Waals surface area contributed by atoms with E-state index in [1.165, 1.54) is 40.5 Å². The minimum absolute atomic E-state index is 0.0427. The standard InChI is InChI=1S/C24H27N5O7S/c1-13-7-8-15(27-22(30)14-9-18(34-3)20(36-5)19(10-14)35-4)11-17(13)28-23(31)16-12-26-24(37(6,32)33)29-21(16)25-2/h7-12H,1-6H3,(H,27,30)(H,28,31)(H,25,26,29). The molecule has 196 valence electrons. The average molecular weight is 530 g/mol. The summed E-state index contributed by atoms with van der Waals surface area (Å²) >= 11 is 0. The fourth-order valence-electron chi connectivity index (χ4n) is 3.34. The zero-order chi connectivity index (χ0) is 27.3. The van der Waals surface area contributed by atoms with Crippen LogP contribution in [-0.4, -0.2) is 64.8 Å². The first-order chi connectivity index (χ1) is 17.5. The summed E-state index contributed by atoms with van der Waals surface area (Å²) in [6.45, 7) is 1.78. The fourth-order valence-corrected chi connectivity index (χ4v) is 3.84. The minimum Gasteiger partial charge on any atom is -0.493 e. The first-order valence-corrected chi connectivity index (χ1v) is 12.7. The van der Waals surface area contributed by atoms with E-state index in [-0.39, 0.29) is 16.9 Å². The van der Waals surface area contributed by atoms with Gasteiger partial charge in [0.25, 0.3) is 11.8 Å². The Morgan fingerprint density at radius 3 is 2.11 bits per heavy atom. The molecule has 3 aromatic rings. The number of carbonyl (C=O) groups excluding carboxylic acids is 2. The normalized spacial score (nSPS) is 10.9. The lowest BCUT2D eigenvalue weighted by atomic mass is 10.1. The maximum Gasteiger partial charge on any atom is 0.261 e. The van der Waals surface area contributed by atoms with Gasteiger partial charge in [-0.25, -0.2) is 18.4 Å². The Hall–Kier alpha value is -4.39. The number of nitrogens with zero attached hydrogens (tertiary/aromatic N) is 2. The first-order valence-electron chi connectivity index (χ1n) is 10.8. The number of carbonyl (C=O) groups is 2. The van der Waals surface area contributed by atoms with Crippen LogP contribution in [-0.2, 0) is 9.84 Å². The van der Waals surface area contributed by atoms with Crippen molar-refractivity contribution in [1.29, 1.82) is 0 Å². The lowest BCUT2D eigenvalue weighted by Crippen LogP contribution is -2.18. The van der Waals surface area contributed by atoms with Gasteiger partial charge < -0.3 is 30.2 Å². The molecule has 0 aliphatic carbocycles. The van der Waals surface area contributed by atoms with Gasteiger partial charge in [-0.2, -0.15) is 0 Å². The van der Waals surface area contributed by atoms with Gasteiger partial charge in [0.1, 0.15) is 11.4 Å². The van der Waals surface area contributed by atoms with Crippen LogP contribution in [0.25, 0.3) is 0 Å². The number of methoxy groups -OCH3 is 3. The van der Waals surface area contributed by atoms with Crippen molar-refractivity contribution in [3.63, 3.8) is 0 Å². The number of nitrogens with one attached hydrogen (secondary N) is 3. The largest absolute Gasteiger partial charge is 0.493 e. The highest BCUT2D eigenvalue weighted by atomic mass is 32.2. The summed E-state index contributed by atoms with van der Waals surface area (Å²) < 4.78 is 39.4. The highest BCUT2D eigenvalue weighted by Gasteiger charge is 2.20. The summed E-state index contributed by atoms with van der Waals surface area (Å²) in [7, 11) is 2.23. The molecule has 0 aliphatic rings. The van der Waals surface area contributed by atoms with E-state index >= 15 is 0 Å². The third kappa shape index (κ3) is 6.06. The van der Waals surface area contributed by atoms with Crippen molar-refractivity contribution in [2.24, 2.45) is 0 Å². The van der Waals surface area contributed by atoms with Gasteiger partial charge in [0.2, 0.25) is 20.7 Å². The number of benzene rings is 2. The molecule has 3 rings (SSSR count). The molecule has 0 aliphatic heterocycles.